The van der Waals surface area contributed by atoms with Crippen molar-refractivity contribution >= 4 is 39.2 Å². The fraction of sp³-hybridized carbons (Fsp3) is 0.381. The number of thioether (sulfide) groups is 1. The summed E-state index contributed by atoms with van der Waals surface area (Å²) in [5.41, 5.74) is 2.76. The number of nitrogens with zero attached hydrogens (tertiary/aromatic N) is 2. The number of rotatable bonds is 7. The summed E-state index contributed by atoms with van der Waals surface area (Å²) in [6.07, 6.45) is 1.96. The monoisotopic (exact) mass is 415 g/mol. The molecular weight excluding hydrogens is 390 g/mol. The van der Waals surface area contributed by atoms with E-state index in [1.807, 2.05) is 36.6 Å². The molecule has 1 amide bonds. The zero-order chi connectivity index (χ0) is 20.3. The number of hydrogen-bond donors (Lipinski definition) is 1. The van der Waals surface area contributed by atoms with Crippen molar-refractivity contribution in [3.05, 3.63) is 56.2 Å². The van der Waals surface area contributed by atoms with Crippen molar-refractivity contribution in [2.45, 2.75) is 51.1 Å². The minimum absolute atomic E-state index is 0.0573. The molecule has 5 nitrogen and oxygen atoms in total. The van der Waals surface area contributed by atoms with Crippen LogP contribution in [0, 0.1) is 13.8 Å². The molecule has 148 valence electrons. The minimum Gasteiger partial charge on any atom is -0.355 e. The zero-order valence-electron chi connectivity index (χ0n) is 16.7. The maximum atomic E-state index is 13.1. The van der Waals surface area contributed by atoms with Crippen LogP contribution in [-0.2, 0) is 12.3 Å². The van der Waals surface area contributed by atoms with E-state index in [9.17, 15) is 9.59 Å². The van der Waals surface area contributed by atoms with Gasteiger partial charge in [-0.1, -0.05) is 37.2 Å². The number of aromatic nitrogens is 2. The maximum Gasteiger partial charge on any atom is 0.263 e. The van der Waals surface area contributed by atoms with Crippen LogP contribution in [0.3, 0.4) is 0 Å². The highest BCUT2D eigenvalue weighted by Gasteiger charge is 2.17. The Hall–Kier alpha value is -2.12. The summed E-state index contributed by atoms with van der Waals surface area (Å²) in [5.74, 6) is 0.550. The second-order valence-electron chi connectivity index (χ2n) is 6.74. The average Bonchev–Trinajstić information content (AvgIpc) is 2.99. The summed E-state index contributed by atoms with van der Waals surface area (Å²) in [6.45, 7) is 6.83. The molecule has 0 saturated heterocycles. The normalized spacial score (nSPS) is 11.1. The van der Waals surface area contributed by atoms with Crippen LogP contribution in [0.2, 0.25) is 0 Å². The fourth-order valence-electron chi connectivity index (χ4n) is 3.03. The van der Waals surface area contributed by atoms with E-state index in [2.05, 4.69) is 12.2 Å². The van der Waals surface area contributed by atoms with Crippen molar-refractivity contribution in [2.75, 3.05) is 7.05 Å². The smallest absolute Gasteiger partial charge is 0.263 e. The molecule has 0 bridgehead atoms. The highest BCUT2D eigenvalue weighted by Crippen LogP contribution is 2.29. The molecule has 2 aromatic heterocycles. The molecule has 28 heavy (non-hydrogen) atoms. The molecule has 0 atom stereocenters. The van der Waals surface area contributed by atoms with Gasteiger partial charge >= 0.3 is 0 Å². The SMILES string of the molecule is CCCCn1c(SCc2cccc(C(=O)NC)c2)nc2sc(C)c(C)c2c1=O. The minimum atomic E-state index is -0.101. The second-order valence-corrected chi connectivity index (χ2v) is 8.88. The number of amides is 1. The van der Waals surface area contributed by atoms with Gasteiger partial charge in [0.1, 0.15) is 4.83 Å². The van der Waals surface area contributed by atoms with Gasteiger partial charge in [0, 0.05) is 29.8 Å². The van der Waals surface area contributed by atoms with E-state index < -0.39 is 0 Å². The van der Waals surface area contributed by atoms with E-state index in [1.54, 1.807) is 36.2 Å². The fourth-order valence-corrected chi connectivity index (χ4v) is 5.07. The molecule has 2 heterocycles. The summed E-state index contributed by atoms with van der Waals surface area (Å²) in [7, 11) is 1.63. The summed E-state index contributed by atoms with van der Waals surface area (Å²) in [4.78, 5) is 31.8. The van der Waals surface area contributed by atoms with Gasteiger partial charge in [0.05, 0.1) is 5.39 Å². The van der Waals surface area contributed by atoms with Crippen molar-refractivity contribution in [2.24, 2.45) is 0 Å². The lowest BCUT2D eigenvalue weighted by Crippen LogP contribution is -2.23. The van der Waals surface area contributed by atoms with Gasteiger partial charge in [-0.3, -0.25) is 14.2 Å². The van der Waals surface area contributed by atoms with E-state index >= 15 is 0 Å². The molecule has 0 radical (unpaired) electrons. The molecule has 0 spiro atoms. The van der Waals surface area contributed by atoms with Crippen molar-refractivity contribution in [3.8, 4) is 0 Å². The third kappa shape index (κ3) is 4.15. The quantitative estimate of drug-likeness (QED) is 0.455. The van der Waals surface area contributed by atoms with Crippen LogP contribution in [0.5, 0.6) is 0 Å². The van der Waals surface area contributed by atoms with Gasteiger partial charge in [-0.05, 0) is 43.5 Å². The van der Waals surface area contributed by atoms with Crippen LogP contribution in [0.1, 0.15) is 46.1 Å². The van der Waals surface area contributed by atoms with Crippen molar-refractivity contribution in [1.29, 1.82) is 0 Å². The van der Waals surface area contributed by atoms with Crippen molar-refractivity contribution < 1.29 is 4.79 Å². The molecule has 0 unspecified atom stereocenters. The van der Waals surface area contributed by atoms with E-state index in [0.717, 1.165) is 44.2 Å². The Balaban J connectivity index is 1.95. The summed E-state index contributed by atoms with van der Waals surface area (Å²) in [5, 5.41) is 4.15. The number of thiophene rings is 1. The second kappa shape index (κ2) is 8.92. The highest BCUT2D eigenvalue weighted by atomic mass is 32.2. The predicted octanol–water partition coefficient (Wildman–Crippen LogP) is 4.53. The Bertz CT molecular complexity index is 1070. The first kappa shape index (κ1) is 20.6. The van der Waals surface area contributed by atoms with Crippen LogP contribution in [0.15, 0.2) is 34.2 Å². The van der Waals surface area contributed by atoms with Gasteiger partial charge in [-0.25, -0.2) is 4.98 Å². The van der Waals surface area contributed by atoms with Gasteiger partial charge in [0.25, 0.3) is 11.5 Å². The lowest BCUT2D eigenvalue weighted by Gasteiger charge is -2.12. The third-order valence-electron chi connectivity index (χ3n) is 4.77. The lowest BCUT2D eigenvalue weighted by molar-refractivity contribution is 0.0963. The Morgan fingerprint density at radius 1 is 1.32 bits per heavy atom. The first-order valence-corrected chi connectivity index (χ1v) is 11.2. The lowest BCUT2D eigenvalue weighted by atomic mass is 10.1. The molecule has 0 saturated carbocycles. The number of carbonyl (C=O) groups excluding carboxylic acids is 1. The largest absolute Gasteiger partial charge is 0.355 e. The highest BCUT2D eigenvalue weighted by molar-refractivity contribution is 7.98. The molecule has 0 aliphatic rings. The van der Waals surface area contributed by atoms with Gasteiger partial charge in [-0.15, -0.1) is 11.3 Å². The summed E-state index contributed by atoms with van der Waals surface area (Å²) >= 11 is 3.13. The number of aryl methyl sites for hydroxylation is 2. The standard InChI is InChI=1S/C21H25N3O2S2/c1-5-6-10-24-20(26)17-13(2)14(3)28-19(17)23-21(24)27-12-15-8-7-9-16(11-15)18(25)22-4/h7-9,11H,5-6,10,12H2,1-4H3,(H,22,25). The Morgan fingerprint density at radius 3 is 2.82 bits per heavy atom. The number of benzene rings is 1. The molecule has 3 aromatic rings. The van der Waals surface area contributed by atoms with E-state index in [-0.39, 0.29) is 11.5 Å². The van der Waals surface area contributed by atoms with E-state index in [4.69, 9.17) is 4.98 Å². The van der Waals surface area contributed by atoms with E-state index in [1.165, 1.54) is 0 Å². The maximum absolute atomic E-state index is 13.1. The average molecular weight is 416 g/mol. The molecule has 0 fully saturated rings. The number of nitrogens with one attached hydrogen (secondary N) is 1. The number of carbonyl (C=O) groups is 1. The van der Waals surface area contributed by atoms with Crippen molar-refractivity contribution in [3.63, 3.8) is 0 Å². The van der Waals surface area contributed by atoms with Gasteiger partial charge in [-0.2, -0.15) is 0 Å². The first-order chi connectivity index (χ1) is 13.5. The van der Waals surface area contributed by atoms with Crippen LogP contribution in [0.4, 0.5) is 0 Å². The molecule has 3 rings (SSSR count). The van der Waals surface area contributed by atoms with E-state index in [0.29, 0.717) is 17.9 Å². The number of fused-ring (bicyclic) bond motifs is 1. The number of unbranched alkanes of at least 4 members (excludes halogenated alkanes) is 1. The Kier molecular flexibility index (Phi) is 6.57. The third-order valence-corrected chi connectivity index (χ3v) is 6.92. The van der Waals surface area contributed by atoms with Gasteiger partial charge in [0.15, 0.2) is 5.16 Å². The zero-order valence-corrected chi connectivity index (χ0v) is 18.3. The van der Waals surface area contributed by atoms with Gasteiger partial charge in [0.2, 0.25) is 0 Å². The molecule has 0 aliphatic heterocycles. The first-order valence-electron chi connectivity index (χ1n) is 9.40. The Morgan fingerprint density at radius 2 is 2.11 bits per heavy atom. The molecule has 7 heteroatoms. The predicted molar refractivity (Wildman–Crippen MR) is 118 cm³/mol. The van der Waals surface area contributed by atoms with Crippen LogP contribution in [-0.4, -0.2) is 22.5 Å². The molecular formula is C21H25N3O2S2. The van der Waals surface area contributed by atoms with Crippen molar-refractivity contribution in [1.82, 2.24) is 14.9 Å². The molecule has 1 aromatic carbocycles. The summed E-state index contributed by atoms with van der Waals surface area (Å²) < 4.78 is 1.82. The molecule has 1 N–H and O–H groups in total. The van der Waals surface area contributed by atoms with Crippen LogP contribution >= 0.6 is 23.1 Å². The van der Waals surface area contributed by atoms with Gasteiger partial charge < -0.3 is 5.32 Å². The van der Waals surface area contributed by atoms with Crippen LogP contribution in [0.25, 0.3) is 10.2 Å². The molecule has 0 aliphatic carbocycles. The number of hydrogen-bond acceptors (Lipinski definition) is 5. The topological polar surface area (TPSA) is 64.0 Å². The summed E-state index contributed by atoms with van der Waals surface area (Å²) in [6, 6.07) is 7.56. The van der Waals surface area contributed by atoms with Crippen LogP contribution < -0.4 is 10.9 Å². The Labute approximate surface area is 173 Å².